The molecule has 0 aliphatic rings. The van der Waals surface area contributed by atoms with E-state index in [-0.39, 0.29) is 12.4 Å². The van der Waals surface area contributed by atoms with Crippen molar-refractivity contribution in [1.82, 2.24) is 4.48 Å². The first-order valence-corrected chi connectivity index (χ1v) is 5.97. The van der Waals surface area contributed by atoms with Gasteiger partial charge in [0.25, 0.3) is 0 Å². The summed E-state index contributed by atoms with van der Waals surface area (Å²) in [4.78, 5) is 0. The minimum absolute atomic E-state index is 0. The molecule has 0 atom stereocenters. The van der Waals surface area contributed by atoms with Crippen molar-refractivity contribution in [3.8, 4) is 0 Å². The van der Waals surface area contributed by atoms with Crippen molar-refractivity contribution in [1.29, 1.82) is 0 Å². The SMILES string of the molecule is CCCCC[N+](C)(C)c1ccccc1C.[Cl-]. The molecule has 0 heterocycles. The number of unbranched alkanes of at least 4 members (excludes halogenated alkanes) is 2. The molecule has 0 radical (unpaired) electrons. The van der Waals surface area contributed by atoms with E-state index in [2.05, 4.69) is 52.2 Å². The molecule has 1 nitrogen and oxygen atoms in total. The van der Waals surface area contributed by atoms with E-state index in [0.717, 1.165) is 4.48 Å². The van der Waals surface area contributed by atoms with E-state index in [1.54, 1.807) is 0 Å². The molecular weight excluding hydrogens is 218 g/mol. The fourth-order valence-electron chi connectivity index (χ4n) is 2.12. The van der Waals surface area contributed by atoms with Crippen LogP contribution < -0.4 is 16.9 Å². The Morgan fingerprint density at radius 3 is 2.25 bits per heavy atom. The van der Waals surface area contributed by atoms with E-state index >= 15 is 0 Å². The second-order valence-corrected chi connectivity index (χ2v) is 4.90. The molecule has 1 rings (SSSR count). The highest BCUT2D eigenvalue weighted by Crippen LogP contribution is 2.23. The van der Waals surface area contributed by atoms with Crippen molar-refractivity contribution in [3.63, 3.8) is 0 Å². The van der Waals surface area contributed by atoms with Gasteiger partial charge in [-0.3, -0.25) is 4.48 Å². The Hall–Kier alpha value is -0.530. The Kier molecular flexibility index (Phi) is 6.70. The number of quaternary nitrogens is 1. The highest BCUT2D eigenvalue weighted by Gasteiger charge is 2.19. The molecule has 0 bridgehead atoms. The normalized spacial score (nSPS) is 11.0. The van der Waals surface area contributed by atoms with Crippen LogP contribution in [0.15, 0.2) is 24.3 Å². The third-order valence-corrected chi connectivity index (χ3v) is 3.09. The third kappa shape index (κ3) is 4.15. The van der Waals surface area contributed by atoms with Gasteiger partial charge in [-0.05, 0) is 25.8 Å². The highest BCUT2D eigenvalue weighted by molar-refractivity contribution is 5.48. The summed E-state index contributed by atoms with van der Waals surface area (Å²) in [6.45, 7) is 5.70. The third-order valence-electron chi connectivity index (χ3n) is 3.09. The first-order chi connectivity index (χ1) is 7.08. The van der Waals surface area contributed by atoms with Crippen LogP contribution in [0, 0.1) is 6.92 Å². The lowest BCUT2D eigenvalue weighted by molar-refractivity contribution is -0.00000349. The van der Waals surface area contributed by atoms with Crippen molar-refractivity contribution in [3.05, 3.63) is 29.8 Å². The maximum absolute atomic E-state index is 2.30. The summed E-state index contributed by atoms with van der Waals surface area (Å²) in [6, 6.07) is 8.71. The molecule has 0 unspecified atom stereocenters. The highest BCUT2D eigenvalue weighted by atomic mass is 35.5. The van der Waals surface area contributed by atoms with Crippen LogP contribution in [0.5, 0.6) is 0 Å². The minimum Gasteiger partial charge on any atom is -1.00 e. The molecule has 0 saturated carbocycles. The first-order valence-electron chi connectivity index (χ1n) is 5.97. The van der Waals surface area contributed by atoms with Crippen LogP contribution in [0.4, 0.5) is 5.69 Å². The largest absolute Gasteiger partial charge is 1.00 e. The van der Waals surface area contributed by atoms with Gasteiger partial charge < -0.3 is 12.4 Å². The average molecular weight is 242 g/mol. The predicted octanol–water partition coefficient (Wildman–Crippen LogP) is 0.756. The van der Waals surface area contributed by atoms with Gasteiger partial charge in [-0.1, -0.05) is 31.5 Å². The molecule has 0 aliphatic carbocycles. The maximum atomic E-state index is 2.30. The lowest BCUT2D eigenvalue weighted by Gasteiger charge is -2.30. The molecular formula is C14H24ClN. The van der Waals surface area contributed by atoms with Crippen molar-refractivity contribution < 1.29 is 12.4 Å². The van der Waals surface area contributed by atoms with Gasteiger partial charge in [0.15, 0.2) is 0 Å². The van der Waals surface area contributed by atoms with Gasteiger partial charge in [0, 0.05) is 5.56 Å². The lowest BCUT2D eigenvalue weighted by atomic mass is 10.1. The summed E-state index contributed by atoms with van der Waals surface area (Å²) in [5.74, 6) is 0. The van der Waals surface area contributed by atoms with E-state index in [9.17, 15) is 0 Å². The van der Waals surface area contributed by atoms with Gasteiger partial charge in [-0.15, -0.1) is 0 Å². The predicted molar refractivity (Wildman–Crippen MR) is 69.2 cm³/mol. The molecule has 2 heteroatoms. The van der Waals surface area contributed by atoms with Gasteiger partial charge in [-0.25, -0.2) is 0 Å². The summed E-state index contributed by atoms with van der Waals surface area (Å²) in [5.41, 5.74) is 2.85. The Balaban J connectivity index is 0.00000225. The van der Waals surface area contributed by atoms with Crippen molar-refractivity contribution in [2.45, 2.75) is 33.1 Å². The summed E-state index contributed by atoms with van der Waals surface area (Å²) in [5, 5.41) is 0. The number of rotatable bonds is 5. The Bertz CT molecular complexity index is 307. The number of para-hydroxylation sites is 1. The van der Waals surface area contributed by atoms with Crippen LogP contribution in [0.25, 0.3) is 0 Å². The molecule has 0 N–H and O–H groups in total. The van der Waals surface area contributed by atoms with Gasteiger partial charge in [0.1, 0.15) is 5.69 Å². The van der Waals surface area contributed by atoms with Crippen LogP contribution >= 0.6 is 0 Å². The zero-order valence-corrected chi connectivity index (χ0v) is 11.7. The lowest BCUT2D eigenvalue weighted by Crippen LogP contribution is -3.00. The van der Waals surface area contributed by atoms with Gasteiger partial charge in [0.2, 0.25) is 0 Å². The first kappa shape index (κ1) is 15.5. The molecule has 0 aromatic heterocycles. The van der Waals surface area contributed by atoms with Gasteiger partial charge >= 0.3 is 0 Å². The van der Waals surface area contributed by atoms with E-state index < -0.39 is 0 Å². The maximum Gasteiger partial charge on any atom is 0.135 e. The quantitative estimate of drug-likeness (QED) is 0.528. The van der Waals surface area contributed by atoms with Crippen molar-refractivity contribution in [2.24, 2.45) is 0 Å². The number of halogens is 1. The van der Waals surface area contributed by atoms with Crippen molar-refractivity contribution in [2.75, 3.05) is 20.6 Å². The molecule has 0 saturated heterocycles. The summed E-state index contributed by atoms with van der Waals surface area (Å²) in [6.07, 6.45) is 3.96. The smallest absolute Gasteiger partial charge is 0.135 e. The van der Waals surface area contributed by atoms with E-state index in [0.29, 0.717) is 0 Å². The zero-order valence-electron chi connectivity index (χ0n) is 11.0. The van der Waals surface area contributed by atoms with Crippen LogP contribution in [0.3, 0.4) is 0 Å². The molecule has 92 valence electrons. The Morgan fingerprint density at radius 2 is 1.69 bits per heavy atom. The molecule has 0 aliphatic heterocycles. The second kappa shape index (κ2) is 6.93. The fraction of sp³-hybridized carbons (Fsp3) is 0.571. The van der Waals surface area contributed by atoms with Crippen LogP contribution in [0.2, 0.25) is 0 Å². The number of hydrogen-bond acceptors (Lipinski definition) is 0. The van der Waals surface area contributed by atoms with E-state index in [1.807, 2.05) is 0 Å². The molecule has 1 aromatic carbocycles. The summed E-state index contributed by atoms with van der Waals surface area (Å²) < 4.78 is 1.01. The van der Waals surface area contributed by atoms with Crippen LogP contribution in [0.1, 0.15) is 31.7 Å². The molecule has 0 amide bonds. The number of nitrogens with zero attached hydrogens (tertiary/aromatic N) is 1. The van der Waals surface area contributed by atoms with Crippen LogP contribution in [-0.2, 0) is 0 Å². The topological polar surface area (TPSA) is 0 Å². The van der Waals surface area contributed by atoms with Gasteiger partial charge in [0.05, 0.1) is 20.6 Å². The van der Waals surface area contributed by atoms with Crippen LogP contribution in [-0.4, -0.2) is 20.6 Å². The summed E-state index contributed by atoms with van der Waals surface area (Å²) >= 11 is 0. The van der Waals surface area contributed by atoms with Crippen molar-refractivity contribution >= 4 is 5.69 Å². The molecule has 16 heavy (non-hydrogen) atoms. The molecule has 1 aromatic rings. The number of benzene rings is 1. The van der Waals surface area contributed by atoms with E-state index in [4.69, 9.17) is 0 Å². The zero-order chi connectivity index (χ0) is 11.3. The Labute approximate surface area is 106 Å². The fourth-order valence-corrected chi connectivity index (χ4v) is 2.12. The van der Waals surface area contributed by atoms with E-state index in [1.165, 1.54) is 37.1 Å². The standard InChI is InChI=1S/C14H24N.ClH/c1-5-6-9-12-15(3,4)14-11-8-7-10-13(14)2;/h7-8,10-11H,5-6,9,12H2,1-4H3;1H/q+1;/p-1. The average Bonchev–Trinajstić information content (AvgIpc) is 2.18. The second-order valence-electron chi connectivity index (χ2n) is 4.90. The number of aryl methyl sites for hydroxylation is 1. The number of hydrogen-bond donors (Lipinski definition) is 0. The molecule has 0 spiro atoms. The molecule has 0 fully saturated rings. The van der Waals surface area contributed by atoms with Gasteiger partial charge in [-0.2, -0.15) is 0 Å². The monoisotopic (exact) mass is 241 g/mol. The minimum atomic E-state index is 0. The Morgan fingerprint density at radius 1 is 1.06 bits per heavy atom. The summed E-state index contributed by atoms with van der Waals surface area (Å²) in [7, 11) is 4.61.